The van der Waals surface area contributed by atoms with Crippen LogP contribution in [0.15, 0.2) is 59.4 Å². The van der Waals surface area contributed by atoms with Crippen molar-refractivity contribution in [2.75, 3.05) is 10.6 Å². The van der Waals surface area contributed by atoms with E-state index in [9.17, 15) is 14.4 Å². The Labute approximate surface area is 187 Å². The van der Waals surface area contributed by atoms with Gasteiger partial charge in [0.15, 0.2) is 0 Å². The number of nitrogens with zero attached hydrogens (tertiary/aromatic N) is 2. The van der Waals surface area contributed by atoms with Crippen LogP contribution in [0.4, 0.5) is 11.4 Å². The van der Waals surface area contributed by atoms with Gasteiger partial charge in [-0.25, -0.2) is 4.68 Å². The van der Waals surface area contributed by atoms with Crippen LogP contribution in [0.1, 0.15) is 31.9 Å². The second-order valence-electron chi connectivity index (χ2n) is 7.99. The molecule has 0 aliphatic carbocycles. The highest BCUT2D eigenvalue weighted by Gasteiger charge is 2.12. The highest BCUT2D eigenvalue weighted by molar-refractivity contribution is 5.93. The molecule has 7 heteroatoms. The maximum absolute atomic E-state index is 12.5. The molecule has 0 aliphatic heterocycles. The van der Waals surface area contributed by atoms with Crippen molar-refractivity contribution < 1.29 is 9.59 Å². The first-order chi connectivity index (χ1) is 15.3. The molecule has 0 radical (unpaired) electrons. The second kappa shape index (κ2) is 10.0. The number of anilines is 2. The van der Waals surface area contributed by atoms with Crippen LogP contribution in [-0.4, -0.2) is 21.6 Å². The summed E-state index contributed by atoms with van der Waals surface area (Å²) in [7, 11) is 0. The number of hydrogen-bond donors (Lipinski definition) is 2. The molecule has 0 saturated heterocycles. The summed E-state index contributed by atoms with van der Waals surface area (Å²) in [6, 6.07) is 16.2. The third-order valence-corrected chi connectivity index (χ3v) is 5.09. The summed E-state index contributed by atoms with van der Waals surface area (Å²) in [6.45, 7) is 7.41. The second-order valence-corrected chi connectivity index (χ2v) is 7.99. The molecule has 0 saturated carbocycles. The highest BCUT2D eigenvalue weighted by atomic mass is 16.2. The van der Waals surface area contributed by atoms with Crippen molar-refractivity contribution in [3.63, 3.8) is 0 Å². The van der Waals surface area contributed by atoms with Gasteiger partial charge in [-0.15, -0.1) is 0 Å². The number of nitrogens with one attached hydrogen (secondary N) is 2. The molecule has 0 spiro atoms. The summed E-state index contributed by atoms with van der Waals surface area (Å²) in [5.41, 5.74) is 4.30. The first-order valence-electron chi connectivity index (χ1n) is 10.7. The Hall–Kier alpha value is -3.74. The number of benzene rings is 2. The number of rotatable bonds is 7. The Bertz CT molecular complexity index is 1200. The zero-order valence-corrected chi connectivity index (χ0v) is 18.8. The highest BCUT2D eigenvalue weighted by Crippen LogP contribution is 2.24. The van der Waals surface area contributed by atoms with Gasteiger partial charge in [0.05, 0.1) is 5.69 Å². The SMILES string of the molecule is CCc1cccc(NC(=O)Cn2nc(-c3ccc(C)c(NC(=O)C(C)C)c3)ccc2=O)c1. The van der Waals surface area contributed by atoms with Gasteiger partial charge < -0.3 is 10.6 Å². The fraction of sp³-hybridized carbons (Fsp3) is 0.280. The van der Waals surface area contributed by atoms with Crippen LogP contribution < -0.4 is 16.2 Å². The average molecular weight is 433 g/mol. The van der Waals surface area contributed by atoms with Crippen LogP contribution in [0.5, 0.6) is 0 Å². The monoisotopic (exact) mass is 432 g/mol. The molecule has 0 aliphatic rings. The Morgan fingerprint density at radius 1 is 1.03 bits per heavy atom. The molecule has 166 valence electrons. The van der Waals surface area contributed by atoms with E-state index in [1.165, 1.54) is 6.07 Å². The number of hydrogen-bond acceptors (Lipinski definition) is 4. The third-order valence-electron chi connectivity index (χ3n) is 5.09. The Morgan fingerprint density at radius 3 is 2.53 bits per heavy atom. The topological polar surface area (TPSA) is 93.1 Å². The van der Waals surface area contributed by atoms with Gasteiger partial charge in [-0.2, -0.15) is 5.10 Å². The molecule has 3 rings (SSSR count). The van der Waals surface area contributed by atoms with E-state index in [2.05, 4.69) is 15.7 Å². The molecule has 0 bridgehead atoms. The van der Waals surface area contributed by atoms with Crippen molar-refractivity contribution in [2.24, 2.45) is 5.92 Å². The van der Waals surface area contributed by atoms with Crippen LogP contribution >= 0.6 is 0 Å². The summed E-state index contributed by atoms with van der Waals surface area (Å²) < 4.78 is 1.14. The van der Waals surface area contributed by atoms with E-state index < -0.39 is 0 Å². The Balaban J connectivity index is 1.82. The van der Waals surface area contributed by atoms with Crippen LogP contribution in [0.25, 0.3) is 11.3 Å². The molecule has 3 aromatic rings. The summed E-state index contributed by atoms with van der Waals surface area (Å²) in [4.78, 5) is 36.9. The van der Waals surface area contributed by atoms with Crippen molar-refractivity contribution in [1.29, 1.82) is 0 Å². The summed E-state index contributed by atoms with van der Waals surface area (Å²) >= 11 is 0. The lowest BCUT2D eigenvalue weighted by atomic mass is 10.1. The van der Waals surface area contributed by atoms with E-state index in [0.29, 0.717) is 17.1 Å². The van der Waals surface area contributed by atoms with E-state index in [1.807, 2.05) is 70.2 Å². The van der Waals surface area contributed by atoms with E-state index >= 15 is 0 Å². The minimum atomic E-state index is -0.369. The lowest BCUT2D eigenvalue weighted by Gasteiger charge is -2.13. The smallest absolute Gasteiger partial charge is 0.267 e. The van der Waals surface area contributed by atoms with Gasteiger partial charge in [-0.3, -0.25) is 14.4 Å². The maximum Gasteiger partial charge on any atom is 0.267 e. The predicted molar refractivity (Wildman–Crippen MR) is 127 cm³/mol. The van der Waals surface area contributed by atoms with E-state index in [1.54, 1.807) is 6.07 Å². The zero-order chi connectivity index (χ0) is 23.3. The number of aryl methyl sites for hydroxylation is 2. The van der Waals surface area contributed by atoms with Crippen molar-refractivity contribution in [3.8, 4) is 11.3 Å². The standard InChI is InChI=1S/C25H28N4O3/c1-5-18-7-6-8-20(13-18)26-23(30)15-29-24(31)12-11-21(28-29)19-10-9-17(4)22(14-19)27-25(32)16(2)3/h6-14,16H,5,15H2,1-4H3,(H,26,30)(H,27,32). The summed E-state index contributed by atoms with van der Waals surface area (Å²) in [6.07, 6.45) is 0.864. The van der Waals surface area contributed by atoms with Gasteiger partial charge in [-0.1, -0.05) is 45.0 Å². The van der Waals surface area contributed by atoms with Crippen molar-refractivity contribution in [1.82, 2.24) is 9.78 Å². The van der Waals surface area contributed by atoms with Gasteiger partial charge in [0.25, 0.3) is 5.56 Å². The molecule has 1 aromatic heterocycles. The van der Waals surface area contributed by atoms with Gasteiger partial charge >= 0.3 is 0 Å². The molecular weight excluding hydrogens is 404 g/mol. The quantitative estimate of drug-likeness (QED) is 0.590. The molecule has 1 heterocycles. The summed E-state index contributed by atoms with van der Waals surface area (Å²) in [5, 5.41) is 10.1. The van der Waals surface area contributed by atoms with Gasteiger partial charge in [0, 0.05) is 28.9 Å². The van der Waals surface area contributed by atoms with Crippen LogP contribution in [-0.2, 0) is 22.6 Å². The fourth-order valence-corrected chi connectivity index (χ4v) is 3.11. The number of carbonyl (C=O) groups is 2. The Morgan fingerprint density at radius 2 is 1.81 bits per heavy atom. The minimum Gasteiger partial charge on any atom is -0.326 e. The Kier molecular flexibility index (Phi) is 7.20. The van der Waals surface area contributed by atoms with Crippen LogP contribution in [0, 0.1) is 12.8 Å². The fourth-order valence-electron chi connectivity index (χ4n) is 3.11. The largest absolute Gasteiger partial charge is 0.326 e. The zero-order valence-electron chi connectivity index (χ0n) is 18.8. The van der Waals surface area contributed by atoms with Gasteiger partial charge in [0.2, 0.25) is 11.8 Å². The molecule has 32 heavy (non-hydrogen) atoms. The summed E-state index contributed by atoms with van der Waals surface area (Å²) in [5.74, 6) is -0.555. The maximum atomic E-state index is 12.5. The first-order valence-corrected chi connectivity index (χ1v) is 10.7. The lowest BCUT2D eigenvalue weighted by molar-refractivity contribution is -0.119. The minimum absolute atomic E-state index is 0.0769. The van der Waals surface area contributed by atoms with Crippen molar-refractivity contribution in [3.05, 3.63) is 76.1 Å². The molecule has 2 aromatic carbocycles. The molecular formula is C25H28N4O3. The van der Waals surface area contributed by atoms with E-state index in [4.69, 9.17) is 0 Å². The molecule has 2 N–H and O–H groups in total. The predicted octanol–water partition coefficient (Wildman–Crippen LogP) is 4.01. The van der Waals surface area contributed by atoms with Gasteiger partial charge in [-0.05, 0) is 48.7 Å². The number of amides is 2. The lowest BCUT2D eigenvalue weighted by Crippen LogP contribution is -2.29. The van der Waals surface area contributed by atoms with E-state index in [-0.39, 0.29) is 29.8 Å². The molecule has 0 unspecified atom stereocenters. The third kappa shape index (κ3) is 5.69. The average Bonchev–Trinajstić information content (AvgIpc) is 2.76. The van der Waals surface area contributed by atoms with E-state index in [0.717, 1.165) is 27.8 Å². The molecule has 0 fully saturated rings. The van der Waals surface area contributed by atoms with Crippen molar-refractivity contribution >= 4 is 23.2 Å². The van der Waals surface area contributed by atoms with Crippen molar-refractivity contribution in [2.45, 2.75) is 40.7 Å². The molecule has 2 amide bonds. The normalized spacial score (nSPS) is 10.8. The number of aromatic nitrogens is 2. The van der Waals surface area contributed by atoms with Gasteiger partial charge in [0.1, 0.15) is 6.54 Å². The number of carbonyl (C=O) groups excluding carboxylic acids is 2. The first kappa shape index (κ1) is 22.9. The molecule has 0 atom stereocenters. The van der Waals surface area contributed by atoms with Crippen LogP contribution in [0.3, 0.4) is 0 Å². The molecule has 7 nitrogen and oxygen atoms in total. The van der Waals surface area contributed by atoms with Crippen LogP contribution in [0.2, 0.25) is 0 Å².